The van der Waals surface area contributed by atoms with Gasteiger partial charge in [0.15, 0.2) is 0 Å². The molecule has 2 rings (SSSR count). The van der Waals surface area contributed by atoms with Gasteiger partial charge in [-0.05, 0) is 5.56 Å². The number of carbonyl (C=O) groups excluding carboxylic acids is 1. The van der Waals surface area contributed by atoms with Gasteiger partial charge in [-0.1, -0.05) is 30.3 Å². The summed E-state index contributed by atoms with van der Waals surface area (Å²) in [5, 5.41) is 49.6. The van der Waals surface area contributed by atoms with E-state index in [1.54, 1.807) is 30.3 Å². The number of amides is 1. The van der Waals surface area contributed by atoms with Gasteiger partial charge in [0.25, 0.3) is 0 Å². The molecule has 1 aromatic carbocycles. The Kier molecular flexibility index (Phi) is 6.89. The van der Waals surface area contributed by atoms with Crippen molar-refractivity contribution in [1.82, 2.24) is 5.32 Å². The van der Waals surface area contributed by atoms with Crippen LogP contribution in [0.1, 0.15) is 5.56 Å². The molecule has 1 heterocycles. The fraction of sp³-hybridized carbons (Fsp3) is 0.500. The van der Waals surface area contributed by atoms with Crippen molar-refractivity contribution in [1.29, 1.82) is 0 Å². The molecule has 0 aromatic heterocycles. The summed E-state index contributed by atoms with van der Waals surface area (Å²) in [6, 6.07) is 7.30. The van der Waals surface area contributed by atoms with Crippen molar-refractivity contribution < 1.29 is 44.6 Å². The monoisotopic (exact) mass is 371 g/mol. The molecule has 0 aliphatic carbocycles. The van der Waals surface area contributed by atoms with Gasteiger partial charge in [-0.3, -0.25) is 0 Å². The number of hydrogen-bond acceptors (Lipinski definition) is 8. The number of benzene rings is 1. The molecule has 1 aromatic rings. The van der Waals surface area contributed by atoms with Crippen molar-refractivity contribution >= 4 is 12.1 Å². The minimum Gasteiger partial charge on any atom is -0.480 e. The maximum Gasteiger partial charge on any atom is 0.410 e. The van der Waals surface area contributed by atoms with Crippen LogP contribution in [-0.4, -0.2) is 80.9 Å². The Bertz CT molecular complexity index is 609. The average molecular weight is 371 g/mol. The van der Waals surface area contributed by atoms with Crippen molar-refractivity contribution in [3.05, 3.63) is 35.9 Å². The van der Waals surface area contributed by atoms with Gasteiger partial charge in [-0.2, -0.15) is 0 Å². The third-order valence-corrected chi connectivity index (χ3v) is 3.94. The number of carbonyl (C=O) groups is 2. The molecule has 1 saturated heterocycles. The van der Waals surface area contributed by atoms with Gasteiger partial charge >= 0.3 is 12.1 Å². The van der Waals surface area contributed by atoms with E-state index < -0.39 is 55.4 Å². The summed E-state index contributed by atoms with van der Waals surface area (Å²) in [6.45, 7) is -0.682. The SMILES string of the molecule is O=C(N[C@@H](Cc1ccccc1)C(=O)O)OC1O[C@H](CO)[C@@H](O)[C@H](O)[C@H]1O. The van der Waals surface area contributed by atoms with Crippen LogP contribution >= 0.6 is 0 Å². The number of carboxylic acids is 1. The zero-order valence-corrected chi connectivity index (χ0v) is 13.6. The van der Waals surface area contributed by atoms with Gasteiger partial charge in [-0.15, -0.1) is 0 Å². The predicted octanol–water partition coefficient (Wildman–Crippen LogP) is -1.79. The highest BCUT2D eigenvalue weighted by atomic mass is 16.7. The number of carboxylic acid groups (broad SMARTS) is 1. The van der Waals surface area contributed by atoms with E-state index in [4.69, 9.17) is 14.6 Å². The summed E-state index contributed by atoms with van der Waals surface area (Å²) in [5.41, 5.74) is 0.674. The van der Waals surface area contributed by atoms with Gasteiger partial charge in [0.1, 0.15) is 30.5 Å². The van der Waals surface area contributed by atoms with Crippen molar-refractivity contribution in [2.24, 2.45) is 0 Å². The van der Waals surface area contributed by atoms with E-state index in [0.717, 1.165) is 0 Å². The van der Waals surface area contributed by atoms with E-state index in [0.29, 0.717) is 5.56 Å². The second-order valence-electron chi connectivity index (χ2n) is 5.83. The lowest BCUT2D eigenvalue weighted by Gasteiger charge is -2.39. The summed E-state index contributed by atoms with van der Waals surface area (Å²) in [5.74, 6) is -1.29. The number of aliphatic hydroxyl groups is 4. The van der Waals surface area contributed by atoms with Crippen LogP contribution in [0.4, 0.5) is 4.79 Å². The maximum absolute atomic E-state index is 12.0. The van der Waals surface area contributed by atoms with Crippen molar-refractivity contribution in [2.45, 2.75) is 43.2 Å². The molecule has 0 spiro atoms. The highest BCUT2D eigenvalue weighted by Crippen LogP contribution is 2.22. The third-order valence-electron chi connectivity index (χ3n) is 3.94. The first-order valence-corrected chi connectivity index (χ1v) is 7.88. The van der Waals surface area contributed by atoms with Crippen molar-refractivity contribution in [3.8, 4) is 0 Å². The minimum absolute atomic E-state index is 0.0000449. The van der Waals surface area contributed by atoms with Crippen LogP contribution in [-0.2, 0) is 20.7 Å². The van der Waals surface area contributed by atoms with Crippen LogP contribution in [0, 0.1) is 0 Å². The molecule has 10 nitrogen and oxygen atoms in total. The van der Waals surface area contributed by atoms with Gasteiger partial charge in [0.05, 0.1) is 6.61 Å². The van der Waals surface area contributed by atoms with E-state index >= 15 is 0 Å². The molecular formula is C16H21NO9. The molecule has 6 atom stereocenters. The Balaban J connectivity index is 1.98. The second kappa shape index (κ2) is 8.92. The van der Waals surface area contributed by atoms with E-state index in [1.807, 2.05) is 0 Å². The highest BCUT2D eigenvalue weighted by Gasteiger charge is 2.45. The smallest absolute Gasteiger partial charge is 0.410 e. The molecule has 1 aliphatic heterocycles. The summed E-state index contributed by atoms with van der Waals surface area (Å²) in [7, 11) is 0. The number of rotatable bonds is 6. The largest absolute Gasteiger partial charge is 0.480 e. The first-order chi connectivity index (χ1) is 12.3. The van der Waals surface area contributed by atoms with E-state index in [-0.39, 0.29) is 6.42 Å². The Labute approximate surface area is 148 Å². The number of ether oxygens (including phenoxy) is 2. The van der Waals surface area contributed by atoms with Crippen LogP contribution in [0.5, 0.6) is 0 Å². The molecule has 0 radical (unpaired) electrons. The quantitative estimate of drug-likeness (QED) is 0.338. The predicted molar refractivity (Wildman–Crippen MR) is 85.0 cm³/mol. The average Bonchev–Trinajstić information content (AvgIpc) is 2.62. The molecule has 26 heavy (non-hydrogen) atoms. The fourth-order valence-electron chi connectivity index (χ4n) is 2.50. The fourth-order valence-corrected chi connectivity index (χ4v) is 2.50. The molecular weight excluding hydrogens is 350 g/mol. The Morgan fingerprint density at radius 1 is 1.12 bits per heavy atom. The van der Waals surface area contributed by atoms with Crippen LogP contribution in [0.2, 0.25) is 0 Å². The zero-order valence-electron chi connectivity index (χ0n) is 13.6. The standard InChI is InChI=1S/C16H21NO9/c18-7-10-11(19)12(20)13(21)15(25-10)26-16(24)17-9(14(22)23)6-8-4-2-1-3-5-8/h1-5,9-13,15,18-21H,6-7H2,(H,17,24)(H,22,23)/t9-,10+,11+,12-,13+,15?/m0/s1. The minimum atomic E-state index is -1.77. The number of hydrogen-bond donors (Lipinski definition) is 6. The van der Waals surface area contributed by atoms with Gasteiger partial charge in [-0.25, -0.2) is 9.59 Å². The Morgan fingerprint density at radius 2 is 1.77 bits per heavy atom. The topological polar surface area (TPSA) is 166 Å². The molecule has 1 unspecified atom stereocenters. The van der Waals surface area contributed by atoms with Gasteiger partial charge < -0.3 is 40.3 Å². The molecule has 1 aliphatic rings. The maximum atomic E-state index is 12.0. The van der Waals surface area contributed by atoms with Gasteiger partial charge in [0.2, 0.25) is 6.29 Å². The number of nitrogens with one attached hydrogen (secondary N) is 1. The molecule has 1 fully saturated rings. The first kappa shape index (κ1) is 20.1. The van der Waals surface area contributed by atoms with Crippen LogP contribution in [0.3, 0.4) is 0 Å². The number of alkyl carbamates (subject to hydrolysis) is 1. The summed E-state index contributed by atoms with van der Waals surface area (Å²) >= 11 is 0. The molecule has 144 valence electrons. The first-order valence-electron chi connectivity index (χ1n) is 7.88. The van der Waals surface area contributed by atoms with Crippen LogP contribution in [0.25, 0.3) is 0 Å². The normalized spacial score (nSPS) is 29.6. The molecule has 0 bridgehead atoms. The Morgan fingerprint density at radius 3 is 2.35 bits per heavy atom. The van der Waals surface area contributed by atoms with Crippen molar-refractivity contribution in [2.75, 3.05) is 6.61 Å². The Hall–Kier alpha value is -2.24. The number of aliphatic hydroxyl groups excluding tert-OH is 4. The number of aliphatic carboxylic acids is 1. The highest BCUT2D eigenvalue weighted by molar-refractivity contribution is 5.80. The molecule has 10 heteroatoms. The zero-order chi connectivity index (χ0) is 19.3. The summed E-state index contributed by atoms with van der Waals surface area (Å²) in [4.78, 5) is 23.3. The lowest BCUT2D eigenvalue weighted by molar-refractivity contribution is -0.285. The van der Waals surface area contributed by atoms with E-state index in [1.165, 1.54) is 0 Å². The second-order valence-corrected chi connectivity index (χ2v) is 5.83. The van der Waals surface area contributed by atoms with Crippen LogP contribution in [0.15, 0.2) is 30.3 Å². The molecule has 6 N–H and O–H groups in total. The third kappa shape index (κ3) is 4.90. The molecule has 0 saturated carbocycles. The molecule has 1 amide bonds. The lowest BCUT2D eigenvalue weighted by atomic mass is 9.99. The van der Waals surface area contributed by atoms with Gasteiger partial charge in [0, 0.05) is 6.42 Å². The summed E-state index contributed by atoms with van der Waals surface area (Å²) in [6.07, 6.45) is -9.20. The summed E-state index contributed by atoms with van der Waals surface area (Å²) < 4.78 is 9.83. The van der Waals surface area contributed by atoms with E-state index in [9.17, 15) is 30.0 Å². The lowest BCUT2D eigenvalue weighted by Crippen LogP contribution is -2.60. The van der Waals surface area contributed by atoms with Crippen LogP contribution < -0.4 is 5.32 Å². The van der Waals surface area contributed by atoms with E-state index in [2.05, 4.69) is 5.32 Å². The van der Waals surface area contributed by atoms with Crippen molar-refractivity contribution in [3.63, 3.8) is 0 Å².